The van der Waals surface area contributed by atoms with Crippen molar-refractivity contribution in [3.05, 3.63) is 0 Å². The molecule has 3 rings (SSSR count). The van der Waals surface area contributed by atoms with Crippen LogP contribution < -0.4 is 4.84 Å². The minimum atomic E-state index is -0.311. The molecule has 0 aromatic carbocycles. The molecule has 0 atom stereocenters. The van der Waals surface area contributed by atoms with Gasteiger partial charge in [0.15, 0.2) is 0 Å². The maximum atomic E-state index is 9.95. The summed E-state index contributed by atoms with van der Waals surface area (Å²) in [4.78, 5) is 2.76. The zero-order chi connectivity index (χ0) is 8.66. The number of fused-ring (bicyclic) bond motifs is 3. The van der Waals surface area contributed by atoms with E-state index in [0.29, 0.717) is 5.41 Å². The third kappa shape index (κ3) is 1.36. The van der Waals surface area contributed by atoms with E-state index < -0.39 is 0 Å². The second kappa shape index (κ2) is 2.86. The van der Waals surface area contributed by atoms with E-state index >= 15 is 0 Å². The lowest BCUT2D eigenvalue weighted by molar-refractivity contribution is -0.0893. The van der Waals surface area contributed by atoms with Crippen LogP contribution in [0.25, 0.3) is 0 Å². The summed E-state index contributed by atoms with van der Waals surface area (Å²) >= 11 is 5.54. The Kier molecular flexibility index (Phi) is 2.10. The zero-order valence-corrected chi connectivity index (χ0v) is 8.03. The van der Waals surface area contributed by atoms with Crippen molar-refractivity contribution in [2.75, 3.05) is 6.54 Å². The van der Waals surface area contributed by atoms with E-state index in [1.54, 1.807) is 0 Å². The highest BCUT2D eigenvalue weighted by molar-refractivity contribution is 6.13. The van der Waals surface area contributed by atoms with Crippen LogP contribution in [-0.2, 0) is 0 Å². The van der Waals surface area contributed by atoms with Gasteiger partial charge in [-0.3, -0.25) is 0 Å². The summed E-state index contributed by atoms with van der Waals surface area (Å²) in [7, 11) is 0. The Labute approximate surface area is 78.4 Å². The molecule has 3 fully saturated rings. The Hall–Kier alpha value is 0.210. The highest BCUT2D eigenvalue weighted by atomic mass is 35.5. The molecule has 70 valence electrons. The molecule has 0 saturated heterocycles. The summed E-state index contributed by atoms with van der Waals surface area (Å²) in [6.45, 7) is 0.907. The molecule has 3 heteroatoms. The SMILES string of the molecule is OC12CCC(CNCl)(CC1)CC2. The summed E-state index contributed by atoms with van der Waals surface area (Å²) in [5, 5.41) is 9.95. The molecule has 2 nitrogen and oxygen atoms in total. The maximum absolute atomic E-state index is 9.95. The maximum Gasteiger partial charge on any atom is 0.0648 e. The molecule has 3 saturated carbocycles. The van der Waals surface area contributed by atoms with Crippen molar-refractivity contribution in [3.63, 3.8) is 0 Å². The number of hydrogen-bond acceptors (Lipinski definition) is 2. The predicted molar refractivity (Wildman–Crippen MR) is 48.9 cm³/mol. The molecule has 0 amide bonds. The summed E-state index contributed by atoms with van der Waals surface area (Å²) in [6, 6.07) is 0. The second-order valence-electron chi connectivity index (χ2n) is 4.53. The average molecular weight is 190 g/mol. The van der Waals surface area contributed by atoms with Crippen molar-refractivity contribution in [1.29, 1.82) is 0 Å². The van der Waals surface area contributed by atoms with Crippen LogP contribution >= 0.6 is 11.8 Å². The van der Waals surface area contributed by atoms with Gasteiger partial charge >= 0.3 is 0 Å². The summed E-state index contributed by atoms with van der Waals surface area (Å²) < 4.78 is 0. The highest BCUT2D eigenvalue weighted by Gasteiger charge is 2.47. The van der Waals surface area contributed by atoms with Gasteiger partial charge in [-0.05, 0) is 55.7 Å². The average Bonchev–Trinajstić information content (AvgIpc) is 2.08. The Morgan fingerprint density at radius 1 is 1.08 bits per heavy atom. The van der Waals surface area contributed by atoms with Gasteiger partial charge in [0.2, 0.25) is 0 Å². The van der Waals surface area contributed by atoms with E-state index in [1.807, 2.05) is 0 Å². The van der Waals surface area contributed by atoms with Gasteiger partial charge in [-0.2, -0.15) is 0 Å². The zero-order valence-electron chi connectivity index (χ0n) is 7.27. The third-order valence-electron chi connectivity index (χ3n) is 3.80. The molecule has 0 unspecified atom stereocenters. The first-order valence-corrected chi connectivity index (χ1v) is 5.12. The van der Waals surface area contributed by atoms with Gasteiger partial charge in [0.05, 0.1) is 5.60 Å². The Morgan fingerprint density at radius 3 is 2.00 bits per heavy atom. The van der Waals surface area contributed by atoms with E-state index in [1.165, 1.54) is 0 Å². The molecule has 0 spiro atoms. The van der Waals surface area contributed by atoms with E-state index in [-0.39, 0.29) is 5.60 Å². The number of hydrogen-bond donors (Lipinski definition) is 2. The molecule has 2 N–H and O–H groups in total. The Balaban J connectivity index is 2.04. The molecule has 0 heterocycles. The van der Waals surface area contributed by atoms with Crippen LogP contribution in [0.3, 0.4) is 0 Å². The van der Waals surface area contributed by atoms with Crippen molar-refractivity contribution in [2.24, 2.45) is 5.41 Å². The summed E-state index contributed by atoms with van der Waals surface area (Å²) in [5.41, 5.74) is 0.0975. The number of nitrogens with one attached hydrogen (secondary N) is 1. The fourth-order valence-corrected chi connectivity index (χ4v) is 2.93. The number of halogens is 1. The van der Waals surface area contributed by atoms with Gasteiger partial charge in [-0.25, -0.2) is 4.84 Å². The first kappa shape index (κ1) is 8.79. The van der Waals surface area contributed by atoms with Crippen LogP contribution in [0.2, 0.25) is 0 Å². The van der Waals surface area contributed by atoms with E-state index in [2.05, 4.69) is 4.84 Å². The molecule has 0 aliphatic heterocycles. The van der Waals surface area contributed by atoms with Gasteiger partial charge < -0.3 is 5.11 Å². The number of rotatable bonds is 2. The van der Waals surface area contributed by atoms with Crippen molar-refractivity contribution in [2.45, 2.75) is 44.1 Å². The van der Waals surface area contributed by atoms with Crippen LogP contribution in [0.4, 0.5) is 0 Å². The molecule has 3 aliphatic carbocycles. The van der Waals surface area contributed by atoms with E-state index in [0.717, 1.165) is 45.1 Å². The van der Waals surface area contributed by atoms with Crippen LogP contribution in [0, 0.1) is 5.41 Å². The largest absolute Gasteiger partial charge is 0.390 e. The van der Waals surface area contributed by atoms with Gasteiger partial charge in [-0.1, -0.05) is 0 Å². The summed E-state index contributed by atoms with van der Waals surface area (Å²) in [5.74, 6) is 0. The van der Waals surface area contributed by atoms with Gasteiger partial charge in [0.25, 0.3) is 0 Å². The molecule has 0 radical (unpaired) electrons. The van der Waals surface area contributed by atoms with Crippen molar-refractivity contribution < 1.29 is 5.11 Å². The molecule has 0 aromatic heterocycles. The second-order valence-corrected chi connectivity index (χ2v) is 4.80. The normalized spacial score (nSPS) is 46.5. The molecule has 0 aromatic rings. The van der Waals surface area contributed by atoms with Crippen molar-refractivity contribution in [1.82, 2.24) is 4.84 Å². The smallest absolute Gasteiger partial charge is 0.0648 e. The number of aliphatic hydroxyl groups is 1. The highest BCUT2D eigenvalue weighted by Crippen LogP contribution is 2.51. The molecule has 3 aliphatic rings. The minimum Gasteiger partial charge on any atom is -0.390 e. The standard InChI is InChI=1S/C9H16ClNO/c10-11-7-8-1-4-9(12,5-2-8)6-3-8/h11-12H,1-7H2. The first-order valence-electron chi connectivity index (χ1n) is 4.74. The van der Waals surface area contributed by atoms with Gasteiger partial charge in [0, 0.05) is 6.54 Å². The fraction of sp³-hybridized carbons (Fsp3) is 1.00. The summed E-state index contributed by atoms with van der Waals surface area (Å²) in [6.07, 6.45) is 6.36. The lowest BCUT2D eigenvalue weighted by atomic mass is 9.59. The predicted octanol–water partition coefficient (Wildman–Crippen LogP) is 1.82. The molecule has 12 heavy (non-hydrogen) atoms. The lowest BCUT2D eigenvalue weighted by Crippen LogP contribution is -2.48. The Morgan fingerprint density at radius 2 is 1.58 bits per heavy atom. The van der Waals surface area contributed by atoms with Crippen LogP contribution in [0.5, 0.6) is 0 Å². The van der Waals surface area contributed by atoms with Crippen molar-refractivity contribution in [3.8, 4) is 0 Å². The van der Waals surface area contributed by atoms with Crippen LogP contribution in [-0.4, -0.2) is 17.3 Å². The first-order chi connectivity index (χ1) is 5.68. The lowest BCUT2D eigenvalue weighted by Gasteiger charge is -2.50. The molecular weight excluding hydrogens is 174 g/mol. The van der Waals surface area contributed by atoms with Gasteiger partial charge in [0.1, 0.15) is 0 Å². The van der Waals surface area contributed by atoms with Gasteiger partial charge in [-0.15, -0.1) is 0 Å². The fourth-order valence-electron chi connectivity index (χ4n) is 2.65. The van der Waals surface area contributed by atoms with E-state index in [9.17, 15) is 5.11 Å². The van der Waals surface area contributed by atoms with E-state index in [4.69, 9.17) is 11.8 Å². The minimum absolute atomic E-state index is 0.311. The molecular formula is C9H16ClNO. The monoisotopic (exact) mass is 189 g/mol. The quantitative estimate of drug-likeness (QED) is 0.650. The van der Waals surface area contributed by atoms with Crippen molar-refractivity contribution >= 4 is 11.8 Å². The van der Waals surface area contributed by atoms with Crippen LogP contribution in [0.15, 0.2) is 0 Å². The van der Waals surface area contributed by atoms with Crippen LogP contribution in [0.1, 0.15) is 38.5 Å². The third-order valence-corrected chi connectivity index (χ3v) is 3.94. The topological polar surface area (TPSA) is 32.3 Å². The molecule has 2 bridgehead atoms. The Bertz CT molecular complexity index is 159.